The Bertz CT molecular complexity index is 2140. The van der Waals surface area contributed by atoms with Gasteiger partial charge in [-0.05, 0) is 76.9 Å². The van der Waals surface area contributed by atoms with Gasteiger partial charge >= 0.3 is 24.4 Å². The molecule has 5 aromatic rings. The summed E-state index contributed by atoms with van der Waals surface area (Å²) in [4.78, 5) is 14.3. The summed E-state index contributed by atoms with van der Waals surface area (Å²) in [5.74, 6) is -0.733. The molecule has 1 aliphatic heterocycles. The molecule has 2 bridgehead atoms. The van der Waals surface area contributed by atoms with Crippen LogP contribution in [-0.2, 0) is 19.5 Å². The number of pyridine rings is 1. The third-order valence-corrected chi connectivity index (χ3v) is 9.85. The van der Waals surface area contributed by atoms with Crippen molar-refractivity contribution >= 4 is 44.8 Å². The van der Waals surface area contributed by atoms with Crippen LogP contribution < -0.4 is 19.1 Å². The van der Waals surface area contributed by atoms with E-state index in [9.17, 15) is 35.1 Å². The number of hydrogen-bond donors (Lipinski definition) is 0. The number of benzene rings is 2. The molecule has 0 amide bonds. The van der Waals surface area contributed by atoms with E-state index in [2.05, 4.69) is 46.0 Å². The highest BCUT2D eigenvalue weighted by molar-refractivity contribution is 9.10. The summed E-state index contributed by atoms with van der Waals surface area (Å²) >= 11 is 14.2. The van der Waals surface area contributed by atoms with Gasteiger partial charge in [0, 0.05) is 37.5 Å². The van der Waals surface area contributed by atoms with Crippen molar-refractivity contribution in [2.45, 2.75) is 44.7 Å². The minimum atomic E-state index is -4.55. The quantitative estimate of drug-likeness (QED) is 0.127. The SMILES string of the molecule is COc1cc(N2CC3CCC(C2)C3Cc2nc(Oc3cccc(Cl)c3F)n(CC(F)(F)F)n2)ccn1.Fc1c(Cl)cccc1Oc1nc(Br)nn1CC(F)(F)F. The van der Waals surface area contributed by atoms with Crippen molar-refractivity contribution in [3.8, 4) is 29.4 Å². The van der Waals surface area contributed by atoms with Crippen LogP contribution in [0.15, 0.2) is 59.5 Å². The molecular weight excluding hydrogens is 871 g/mol. The number of anilines is 1. The van der Waals surface area contributed by atoms with Crippen molar-refractivity contribution < 1.29 is 49.3 Å². The third kappa shape index (κ3) is 10.3. The summed E-state index contributed by atoms with van der Waals surface area (Å²) in [6.07, 6.45) is -4.89. The van der Waals surface area contributed by atoms with Crippen molar-refractivity contribution in [3.63, 3.8) is 0 Å². The number of fused-ring (bicyclic) bond motifs is 2. The lowest BCUT2D eigenvalue weighted by atomic mass is 9.82. The summed E-state index contributed by atoms with van der Waals surface area (Å²) < 4.78 is 121. The smallest absolute Gasteiger partial charge is 0.408 e. The van der Waals surface area contributed by atoms with Gasteiger partial charge in [-0.15, -0.1) is 5.10 Å². The highest BCUT2D eigenvalue weighted by Crippen LogP contribution is 2.45. The largest absolute Gasteiger partial charge is 0.481 e. The predicted molar refractivity (Wildman–Crippen MR) is 189 cm³/mol. The van der Waals surface area contributed by atoms with Gasteiger partial charge in [0.25, 0.3) is 0 Å². The molecule has 1 saturated heterocycles. The summed E-state index contributed by atoms with van der Waals surface area (Å²) in [5, 5.41) is 7.14. The first-order valence-corrected chi connectivity index (χ1v) is 18.2. The molecule has 0 spiro atoms. The second-order valence-corrected chi connectivity index (χ2v) is 14.3. The Labute approximate surface area is 331 Å². The number of ether oxygens (including phenoxy) is 3. The van der Waals surface area contributed by atoms with E-state index in [1.54, 1.807) is 13.3 Å². The van der Waals surface area contributed by atoms with Gasteiger partial charge in [-0.2, -0.15) is 41.4 Å². The molecule has 2 fully saturated rings. The zero-order valence-electron chi connectivity index (χ0n) is 28.8. The van der Waals surface area contributed by atoms with Gasteiger partial charge < -0.3 is 19.1 Å². The second kappa shape index (κ2) is 17.0. The van der Waals surface area contributed by atoms with Gasteiger partial charge in [0.15, 0.2) is 29.0 Å². The molecule has 0 N–H and O–H groups in total. The molecule has 4 heterocycles. The van der Waals surface area contributed by atoms with Crippen LogP contribution in [0.3, 0.4) is 0 Å². The molecule has 300 valence electrons. The molecule has 11 nitrogen and oxygen atoms in total. The Morgan fingerprint density at radius 2 is 1.32 bits per heavy atom. The maximum atomic E-state index is 14.3. The van der Waals surface area contributed by atoms with Crippen LogP contribution in [-0.4, -0.2) is 67.1 Å². The Balaban J connectivity index is 0.000000225. The van der Waals surface area contributed by atoms with Gasteiger partial charge in [-0.25, -0.2) is 23.1 Å². The van der Waals surface area contributed by atoms with Gasteiger partial charge in [-0.3, -0.25) is 0 Å². The Morgan fingerprint density at radius 3 is 1.86 bits per heavy atom. The topological polar surface area (TPSA) is 105 Å². The molecule has 1 aliphatic carbocycles. The normalized spacial score (nSPS) is 18.1. The average molecular weight is 900 g/mol. The van der Waals surface area contributed by atoms with E-state index < -0.39 is 49.1 Å². The average Bonchev–Trinajstić information content (AvgIpc) is 3.73. The van der Waals surface area contributed by atoms with E-state index in [0.717, 1.165) is 31.6 Å². The Hall–Kier alpha value is -4.43. The van der Waals surface area contributed by atoms with Crippen molar-refractivity contribution in [1.82, 2.24) is 34.5 Å². The summed E-state index contributed by atoms with van der Waals surface area (Å²) in [7, 11) is 1.58. The minimum Gasteiger partial charge on any atom is -0.481 e. The van der Waals surface area contributed by atoms with Crippen LogP contribution in [0.2, 0.25) is 10.0 Å². The third-order valence-electron chi connectivity index (χ3n) is 8.93. The molecule has 2 atom stereocenters. The van der Waals surface area contributed by atoms with Crippen molar-refractivity contribution in [3.05, 3.63) is 87.0 Å². The number of hydrogen-bond acceptors (Lipinski definition) is 9. The molecule has 2 aromatic carbocycles. The molecular formula is C34H29BrCl2F8N8O3. The van der Waals surface area contributed by atoms with Crippen LogP contribution in [0.5, 0.6) is 29.4 Å². The second-order valence-electron chi connectivity index (χ2n) is 12.8. The molecule has 56 heavy (non-hydrogen) atoms. The fraction of sp³-hybridized carbons (Fsp3) is 0.382. The highest BCUT2D eigenvalue weighted by atomic mass is 79.9. The molecule has 1 saturated carbocycles. The first-order valence-electron chi connectivity index (χ1n) is 16.6. The molecule has 22 heteroatoms. The van der Waals surface area contributed by atoms with Crippen LogP contribution in [0.25, 0.3) is 0 Å². The Morgan fingerprint density at radius 1 is 0.786 bits per heavy atom. The summed E-state index contributed by atoms with van der Waals surface area (Å²) in [6.45, 7) is -1.18. The minimum absolute atomic E-state index is 0.112. The first-order chi connectivity index (χ1) is 26.5. The summed E-state index contributed by atoms with van der Waals surface area (Å²) in [6, 6.07) is 10.8. The number of methoxy groups -OCH3 is 1. The summed E-state index contributed by atoms with van der Waals surface area (Å²) in [5.41, 5.74) is 1.03. The van der Waals surface area contributed by atoms with E-state index in [4.69, 9.17) is 37.4 Å². The van der Waals surface area contributed by atoms with E-state index >= 15 is 0 Å². The van der Waals surface area contributed by atoms with Crippen molar-refractivity contribution in [2.75, 3.05) is 25.1 Å². The van der Waals surface area contributed by atoms with E-state index in [-0.39, 0.29) is 38.0 Å². The maximum Gasteiger partial charge on any atom is 0.408 e. The first kappa shape index (κ1) is 41.2. The number of nitrogens with zero attached hydrogens (tertiary/aromatic N) is 8. The monoisotopic (exact) mass is 898 g/mol. The van der Waals surface area contributed by atoms with Crippen LogP contribution >= 0.6 is 39.1 Å². The van der Waals surface area contributed by atoms with Gasteiger partial charge in [-0.1, -0.05) is 35.3 Å². The zero-order valence-corrected chi connectivity index (χ0v) is 31.9. The lowest BCUT2D eigenvalue weighted by Crippen LogP contribution is -2.42. The number of aromatic nitrogens is 7. The highest BCUT2D eigenvalue weighted by Gasteiger charge is 2.43. The van der Waals surface area contributed by atoms with Crippen molar-refractivity contribution in [1.29, 1.82) is 0 Å². The lowest BCUT2D eigenvalue weighted by molar-refractivity contribution is -0.144. The fourth-order valence-corrected chi connectivity index (χ4v) is 7.25. The lowest BCUT2D eigenvalue weighted by Gasteiger charge is -2.39. The number of rotatable bonds is 10. The van der Waals surface area contributed by atoms with Gasteiger partial charge in [0.05, 0.1) is 17.2 Å². The van der Waals surface area contributed by atoms with Crippen molar-refractivity contribution in [2.24, 2.45) is 17.8 Å². The van der Waals surface area contributed by atoms with Gasteiger partial charge in [0.2, 0.25) is 10.6 Å². The predicted octanol–water partition coefficient (Wildman–Crippen LogP) is 9.72. The number of halogens is 11. The molecule has 0 radical (unpaired) electrons. The molecule has 2 unspecified atom stereocenters. The Kier molecular flexibility index (Phi) is 12.5. The van der Waals surface area contributed by atoms with Crippen LogP contribution in [0.4, 0.5) is 40.8 Å². The van der Waals surface area contributed by atoms with Gasteiger partial charge in [0.1, 0.15) is 13.1 Å². The standard InChI is InChI=1S/C24H24ClF4N5O2.C10H5BrClF4N3O/c1-35-21-9-16(7-8-30-21)33-11-14-5-6-15(12-33)17(14)10-20-31-23(34(32-20)13-24(27,28)29)36-19-4-2-3-18(25)22(19)26;11-8-17-9(19(18-8)4-10(14,15)16)20-6-3-1-2-5(12)7(6)13/h2-4,7-9,14-15,17H,5-6,10-13H2,1H3;1-3H,4H2. The molecule has 7 rings (SSSR count). The number of alkyl halides is 6. The van der Waals surface area contributed by atoms with E-state index in [0.29, 0.717) is 33.5 Å². The van der Waals surface area contributed by atoms with Crippen LogP contribution in [0.1, 0.15) is 18.7 Å². The fourth-order valence-electron chi connectivity index (χ4n) is 6.58. The zero-order chi connectivity index (χ0) is 40.4. The molecule has 3 aromatic heterocycles. The molecule has 2 aliphatic rings. The van der Waals surface area contributed by atoms with Crippen LogP contribution in [0, 0.1) is 29.4 Å². The van der Waals surface area contributed by atoms with E-state index in [1.165, 1.54) is 36.4 Å². The maximum absolute atomic E-state index is 14.3. The number of piperidine rings is 1. The van der Waals surface area contributed by atoms with E-state index in [1.807, 2.05) is 12.1 Å².